The molecule has 14 heteroatoms. The molecule has 0 saturated carbocycles. The van der Waals surface area contributed by atoms with Crippen molar-refractivity contribution >= 4 is 47.5 Å². The average molecular weight is 827 g/mol. The lowest BCUT2D eigenvalue weighted by Crippen LogP contribution is -2.49. The van der Waals surface area contributed by atoms with Crippen LogP contribution in [0.2, 0.25) is 0 Å². The molecular formula is C46H58N4O10. The standard InChI is InChI=1S/C46H58N4O10/c1-29(51)37(25-30-15-12-11-13-16-30)50(28-39(53)58-44(2,3)4)38(52)27-33-18-14-17-32-26-35(23-24-36(32)33)57-40(54)31-19-21-34(22-20-31)47-41(48-42(55)59-45(5,6)7)49-43(56)60-46(8,9)10/h11-13,15-16,19-24,26,33,37H,14,17-18,25,27-28H2,1-10H3,(H2,47,48,49,55,56)/t33?,37-/m0/s1. The van der Waals surface area contributed by atoms with Crippen molar-refractivity contribution < 1.29 is 47.7 Å². The van der Waals surface area contributed by atoms with Crippen molar-refractivity contribution in [1.29, 1.82) is 0 Å². The number of fused-ring (bicyclic) bond motifs is 1. The predicted octanol–water partition coefficient (Wildman–Crippen LogP) is 8.12. The number of guanidine groups is 1. The zero-order valence-electron chi connectivity index (χ0n) is 36.3. The molecule has 1 unspecified atom stereocenters. The normalized spacial score (nSPS) is 14.3. The molecule has 0 radical (unpaired) electrons. The summed E-state index contributed by atoms with van der Waals surface area (Å²) in [6.07, 6.45) is 0.852. The van der Waals surface area contributed by atoms with Crippen LogP contribution in [0.5, 0.6) is 5.75 Å². The molecule has 3 amide bonds. The van der Waals surface area contributed by atoms with E-state index in [0.717, 1.165) is 29.5 Å². The molecule has 0 saturated heterocycles. The van der Waals surface area contributed by atoms with E-state index in [9.17, 15) is 28.8 Å². The fraction of sp³-hybridized carbons (Fsp3) is 0.457. The Morgan fingerprint density at radius 1 is 0.767 bits per heavy atom. The number of aliphatic imine (C=N–C) groups is 1. The third-order valence-corrected chi connectivity index (χ3v) is 8.92. The van der Waals surface area contributed by atoms with Gasteiger partial charge in [-0.1, -0.05) is 36.4 Å². The van der Waals surface area contributed by atoms with E-state index in [1.165, 1.54) is 36.1 Å². The van der Waals surface area contributed by atoms with Crippen molar-refractivity contribution in [3.63, 3.8) is 0 Å². The minimum absolute atomic E-state index is 0.0740. The van der Waals surface area contributed by atoms with Crippen LogP contribution in [0.3, 0.4) is 0 Å². The SMILES string of the molecule is CC(=O)[C@H](Cc1ccccc1)N(CC(=O)OC(C)(C)C)C(=O)CC1CCCc2cc(OC(=O)c3ccc(N=C(NC(=O)OC(C)(C)C)NC(=O)OC(C)(C)C)cc3)ccc21. The van der Waals surface area contributed by atoms with Crippen LogP contribution in [-0.4, -0.2) is 76.1 Å². The maximum atomic E-state index is 14.1. The first-order valence-electron chi connectivity index (χ1n) is 20.0. The van der Waals surface area contributed by atoms with Gasteiger partial charge in [0.15, 0.2) is 5.78 Å². The smallest absolute Gasteiger partial charge is 0.414 e. The molecule has 60 heavy (non-hydrogen) atoms. The van der Waals surface area contributed by atoms with E-state index in [-0.39, 0.29) is 48.5 Å². The molecule has 2 N–H and O–H groups in total. The van der Waals surface area contributed by atoms with Gasteiger partial charge in [-0.15, -0.1) is 0 Å². The van der Waals surface area contributed by atoms with E-state index in [0.29, 0.717) is 17.9 Å². The summed E-state index contributed by atoms with van der Waals surface area (Å²) in [5.74, 6) is -1.89. The number of Topliss-reactive ketones (excluding diaryl/α,β-unsaturated/α-hetero) is 1. The number of carbonyl (C=O) groups excluding carboxylic acids is 6. The molecule has 0 bridgehead atoms. The number of aryl methyl sites for hydroxylation is 1. The van der Waals surface area contributed by atoms with Gasteiger partial charge in [0.1, 0.15) is 29.1 Å². The first kappa shape index (κ1) is 46.6. The number of nitrogens with one attached hydrogen (secondary N) is 2. The minimum atomic E-state index is -0.858. The molecule has 1 aliphatic rings. The largest absolute Gasteiger partial charge is 0.459 e. The molecule has 0 spiro atoms. The molecule has 0 aliphatic heterocycles. The number of alkyl carbamates (subject to hydrolysis) is 2. The van der Waals surface area contributed by atoms with Crippen LogP contribution >= 0.6 is 0 Å². The lowest BCUT2D eigenvalue weighted by molar-refractivity contribution is -0.160. The van der Waals surface area contributed by atoms with Crippen LogP contribution < -0.4 is 15.4 Å². The fourth-order valence-corrected chi connectivity index (χ4v) is 6.55. The highest BCUT2D eigenvalue weighted by atomic mass is 16.6. The Kier molecular flexibility index (Phi) is 15.4. The van der Waals surface area contributed by atoms with Gasteiger partial charge >= 0.3 is 24.1 Å². The zero-order valence-corrected chi connectivity index (χ0v) is 36.3. The number of rotatable bonds is 11. The van der Waals surface area contributed by atoms with E-state index in [2.05, 4.69) is 15.6 Å². The molecule has 1 aliphatic carbocycles. The monoisotopic (exact) mass is 826 g/mol. The van der Waals surface area contributed by atoms with Crippen LogP contribution in [-0.2, 0) is 41.4 Å². The van der Waals surface area contributed by atoms with Crippen molar-refractivity contribution in [3.05, 3.63) is 95.1 Å². The molecule has 2 atom stereocenters. The summed E-state index contributed by atoms with van der Waals surface area (Å²) in [7, 11) is 0. The summed E-state index contributed by atoms with van der Waals surface area (Å²) in [5.41, 5.74) is 0.863. The van der Waals surface area contributed by atoms with Crippen LogP contribution in [0.1, 0.15) is 121 Å². The van der Waals surface area contributed by atoms with Gasteiger partial charge in [0, 0.05) is 6.42 Å². The van der Waals surface area contributed by atoms with Gasteiger partial charge < -0.3 is 23.8 Å². The molecule has 3 aromatic rings. The summed E-state index contributed by atoms with van der Waals surface area (Å²) in [5, 5.41) is 4.83. The van der Waals surface area contributed by atoms with Gasteiger partial charge in [-0.3, -0.25) is 25.0 Å². The quantitative estimate of drug-likeness (QED) is 0.0631. The number of nitrogens with zero attached hydrogens (tertiary/aromatic N) is 2. The van der Waals surface area contributed by atoms with Gasteiger partial charge in [0.25, 0.3) is 0 Å². The van der Waals surface area contributed by atoms with E-state index in [1.54, 1.807) is 74.4 Å². The Bertz CT molecular complexity index is 2030. The lowest BCUT2D eigenvalue weighted by Gasteiger charge is -2.33. The summed E-state index contributed by atoms with van der Waals surface area (Å²) in [6.45, 7) is 16.5. The van der Waals surface area contributed by atoms with Crippen LogP contribution in [0.15, 0.2) is 77.8 Å². The molecule has 0 fully saturated rings. The molecule has 0 heterocycles. The van der Waals surface area contributed by atoms with Crippen molar-refractivity contribution in [2.45, 2.75) is 130 Å². The van der Waals surface area contributed by atoms with Crippen molar-refractivity contribution in [2.75, 3.05) is 6.54 Å². The molecule has 322 valence electrons. The molecule has 4 rings (SSSR count). The fourth-order valence-electron chi connectivity index (χ4n) is 6.55. The lowest BCUT2D eigenvalue weighted by atomic mass is 9.80. The Hall–Kier alpha value is -6.05. The van der Waals surface area contributed by atoms with Crippen molar-refractivity contribution in [1.82, 2.24) is 15.5 Å². The highest BCUT2D eigenvalue weighted by Crippen LogP contribution is 2.37. The van der Waals surface area contributed by atoms with Gasteiger partial charge in [-0.2, -0.15) is 0 Å². The zero-order chi connectivity index (χ0) is 44.4. The molecule has 0 aromatic heterocycles. The second-order valence-corrected chi connectivity index (χ2v) is 17.7. The first-order chi connectivity index (χ1) is 27.9. The molecule has 3 aromatic carbocycles. The summed E-state index contributed by atoms with van der Waals surface area (Å²) < 4.78 is 21.9. The topological polar surface area (TPSA) is 179 Å². The Morgan fingerprint density at radius 3 is 1.90 bits per heavy atom. The number of ether oxygens (including phenoxy) is 4. The molecule has 14 nitrogen and oxygen atoms in total. The number of carbonyl (C=O) groups is 6. The molecular weight excluding hydrogens is 769 g/mol. The minimum Gasteiger partial charge on any atom is -0.459 e. The highest BCUT2D eigenvalue weighted by Gasteiger charge is 2.34. The summed E-state index contributed by atoms with van der Waals surface area (Å²) in [6, 6.07) is 19.9. The van der Waals surface area contributed by atoms with Crippen LogP contribution in [0.25, 0.3) is 0 Å². The third-order valence-electron chi connectivity index (χ3n) is 8.92. The van der Waals surface area contributed by atoms with Gasteiger partial charge in [0.05, 0.1) is 17.3 Å². The number of benzene rings is 3. The van der Waals surface area contributed by atoms with E-state index in [4.69, 9.17) is 18.9 Å². The number of hydrogen-bond acceptors (Lipinski definition) is 11. The number of ketones is 1. The third kappa shape index (κ3) is 15.3. The predicted molar refractivity (Wildman–Crippen MR) is 226 cm³/mol. The first-order valence-corrected chi connectivity index (χ1v) is 20.0. The van der Waals surface area contributed by atoms with E-state index < -0.39 is 47.0 Å². The summed E-state index contributed by atoms with van der Waals surface area (Å²) in [4.78, 5) is 84.2. The Balaban J connectivity index is 1.49. The van der Waals surface area contributed by atoms with E-state index >= 15 is 0 Å². The van der Waals surface area contributed by atoms with E-state index in [1.807, 2.05) is 36.4 Å². The van der Waals surface area contributed by atoms with Crippen LogP contribution in [0, 0.1) is 0 Å². The van der Waals surface area contributed by atoms with Gasteiger partial charge in [0.2, 0.25) is 11.9 Å². The Labute approximate surface area is 352 Å². The highest BCUT2D eigenvalue weighted by molar-refractivity contribution is 6.02. The Morgan fingerprint density at radius 2 is 1.35 bits per heavy atom. The average Bonchev–Trinajstić information content (AvgIpc) is 3.11. The number of esters is 2. The number of amides is 3. The maximum absolute atomic E-state index is 14.1. The second kappa shape index (κ2) is 19.8. The number of hydrogen-bond donors (Lipinski definition) is 2. The second-order valence-electron chi connectivity index (χ2n) is 17.7. The maximum Gasteiger partial charge on any atom is 0.414 e. The van der Waals surface area contributed by atoms with Crippen LogP contribution in [0.4, 0.5) is 15.3 Å². The van der Waals surface area contributed by atoms with Gasteiger partial charge in [-0.05, 0) is 154 Å². The van der Waals surface area contributed by atoms with Gasteiger partial charge in [-0.25, -0.2) is 19.4 Å². The van der Waals surface area contributed by atoms with Crippen molar-refractivity contribution in [3.8, 4) is 5.75 Å². The van der Waals surface area contributed by atoms with Crippen molar-refractivity contribution in [2.24, 2.45) is 4.99 Å². The summed E-state index contributed by atoms with van der Waals surface area (Å²) >= 11 is 0.